The van der Waals surface area contributed by atoms with Crippen LogP contribution in [0.2, 0.25) is 0 Å². The van der Waals surface area contributed by atoms with Crippen molar-refractivity contribution in [3.05, 3.63) is 0 Å². The van der Waals surface area contributed by atoms with Crippen molar-refractivity contribution in [3.8, 4) is 0 Å². The van der Waals surface area contributed by atoms with Gasteiger partial charge in [0.05, 0.1) is 0 Å². The molecule has 0 aliphatic carbocycles. The minimum atomic E-state index is 0.355. The summed E-state index contributed by atoms with van der Waals surface area (Å²) in [6.07, 6.45) is 3.77. The largest absolute Gasteiger partial charge is 0.327 e. The molecule has 1 fully saturated rings. The summed E-state index contributed by atoms with van der Waals surface area (Å²) in [6.45, 7) is 11.6. The number of likely N-dealkylation sites (tertiary alicyclic amines) is 1. The molecule has 0 spiro atoms. The van der Waals surface area contributed by atoms with E-state index >= 15 is 0 Å². The first-order valence-electron chi connectivity index (χ1n) is 7.22. The van der Waals surface area contributed by atoms with Crippen molar-refractivity contribution in [1.82, 2.24) is 9.80 Å². The molecule has 0 bridgehead atoms. The molecule has 3 nitrogen and oxygen atoms in total. The predicted molar refractivity (Wildman–Crippen MR) is 75.2 cm³/mol. The zero-order valence-corrected chi connectivity index (χ0v) is 12.2. The van der Waals surface area contributed by atoms with Crippen LogP contribution in [0.3, 0.4) is 0 Å². The highest BCUT2D eigenvalue weighted by Gasteiger charge is 2.21. The molecule has 1 aliphatic rings. The third-order valence-corrected chi connectivity index (χ3v) is 4.30. The molecule has 1 aliphatic heterocycles. The van der Waals surface area contributed by atoms with Gasteiger partial charge in [0.2, 0.25) is 0 Å². The fraction of sp³-hybridized carbons (Fsp3) is 1.00. The van der Waals surface area contributed by atoms with Crippen molar-refractivity contribution >= 4 is 0 Å². The van der Waals surface area contributed by atoms with Crippen LogP contribution in [0.1, 0.15) is 40.0 Å². The van der Waals surface area contributed by atoms with Gasteiger partial charge in [0.25, 0.3) is 0 Å². The molecule has 0 aromatic carbocycles. The van der Waals surface area contributed by atoms with Crippen LogP contribution in [0.15, 0.2) is 0 Å². The number of hydrogen-bond donors (Lipinski definition) is 1. The van der Waals surface area contributed by atoms with Crippen molar-refractivity contribution in [3.63, 3.8) is 0 Å². The van der Waals surface area contributed by atoms with E-state index in [0.29, 0.717) is 12.0 Å². The molecule has 17 heavy (non-hydrogen) atoms. The Balaban J connectivity index is 2.22. The summed E-state index contributed by atoms with van der Waals surface area (Å²) >= 11 is 0. The fourth-order valence-corrected chi connectivity index (χ4v) is 2.54. The Morgan fingerprint density at radius 2 is 1.88 bits per heavy atom. The van der Waals surface area contributed by atoms with Gasteiger partial charge in [0.15, 0.2) is 0 Å². The van der Waals surface area contributed by atoms with E-state index in [0.717, 1.165) is 19.0 Å². The van der Waals surface area contributed by atoms with E-state index in [4.69, 9.17) is 5.73 Å². The van der Waals surface area contributed by atoms with Crippen molar-refractivity contribution in [2.75, 3.05) is 33.2 Å². The summed E-state index contributed by atoms with van der Waals surface area (Å²) in [5.74, 6) is 0.602. The second kappa shape index (κ2) is 7.34. The fourth-order valence-electron chi connectivity index (χ4n) is 2.54. The van der Waals surface area contributed by atoms with E-state index < -0.39 is 0 Å². The van der Waals surface area contributed by atoms with Gasteiger partial charge in [-0.1, -0.05) is 20.8 Å². The Labute approximate surface area is 107 Å². The zero-order valence-electron chi connectivity index (χ0n) is 12.2. The lowest BCUT2D eigenvalue weighted by atomic mass is 10.00. The van der Waals surface area contributed by atoms with Crippen LogP contribution >= 0.6 is 0 Å². The van der Waals surface area contributed by atoms with E-state index in [1.54, 1.807) is 0 Å². The van der Waals surface area contributed by atoms with Gasteiger partial charge in [-0.15, -0.1) is 0 Å². The molecule has 1 rings (SSSR count). The van der Waals surface area contributed by atoms with Gasteiger partial charge in [0.1, 0.15) is 0 Å². The summed E-state index contributed by atoms with van der Waals surface area (Å²) < 4.78 is 0. The van der Waals surface area contributed by atoms with E-state index in [-0.39, 0.29) is 0 Å². The molecule has 1 atom stereocenters. The maximum atomic E-state index is 6.10. The van der Waals surface area contributed by atoms with Crippen molar-refractivity contribution in [2.24, 2.45) is 11.7 Å². The predicted octanol–water partition coefficient (Wildman–Crippen LogP) is 1.78. The third kappa shape index (κ3) is 4.94. The van der Waals surface area contributed by atoms with Gasteiger partial charge in [-0.2, -0.15) is 0 Å². The van der Waals surface area contributed by atoms with Gasteiger partial charge in [-0.3, -0.25) is 0 Å². The summed E-state index contributed by atoms with van der Waals surface area (Å²) in [5.41, 5.74) is 6.10. The Morgan fingerprint density at radius 3 is 2.35 bits per heavy atom. The summed E-state index contributed by atoms with van der Waals surface area (Å²) in [4.78, 5) is 5.07. The zero-order chi connectivity index (χ0) is 12.8. The summed E-state index contributed by atoms with van der Waals surface area (Å²) in [5, 5.41) is 0. The molecule has 0 saturated carbocycles. The average molecular weight is 241 g/mol. The van der Waals surface area contributed by atoms with Gasteiger partial charge in [-0.05, 0) is 58.4 Å². The number of nitrogens with two attached hydrogens (primary N) is 1. The topological polar surface area (TPSA) is 32.5 Å². The highest BCUT2D eigenvalue weighted by Crippen LogP contribution is 2.16. The van der Waals surface area contributed by atoms with Gasteiger partial charge in [-0.25, -0.2) is 0 Å². The second-order valence-electron chi connectivity index (χ2n) is 5.84. The molecular weight excluding hydrogens is 210 g/mol. The standard InChI is InChI=1S/C14H31N3/c1-5-17-10-6-13(7-11-17)16(4)9-8-14(15)12(2)3/h12-14H,5-11,15H2,1-4H3. The molecular formula is C14H31N3. The van der Waals surface area contributed by atoms with Crippen LogP contribution in [-0.2, 0) is 0 Å². The highest BCUT2D eigenvalue weighted by atomic mass is 15.2. The minimum Gasteiger partial charge on any atom is -0.327 e. The van der Waals surface area contributed by atoms with E-state index in [9.17, 15) is 0 Å². The molecule has 0 amide bonds. The normalized spacial score (nSPS) is 21.4. The molecule has 0 radical (unpaired) electrons. The minimum absolute atomic E-state index is 0.355. The van der Waals surface area contributed by atoms with Crippen LogP contribution in [0, 0.1) is 5.92 Å². The van der Waals surface area contributed by atoms with Crippen LogP contribution in [-0.4, -0.2) is 55.1 Å². The average Bonchev–Trinajstić information content (AvgIpc) is 2.35. The quantitative estimate of drug-likeness (QED) is 0.769. The number of hydrogen-bond acceptors (Lipinski definition) is 3. The Bertz CT molecular complexity index is 198. The summed E-state index contributed by atoms with van der Waals surface area (Å²) in [7, 11) is 2.26. The first-order chi connectivity index (χ1) is 8.04. The van der Waals surface area contributed by atoms with Gasteiger partial charge < -0.3 is 15.5 Å². The molecule has 0 aromatic rings. The maximum Gasteiger partial charge on any atom is 0.0117 e. The molecule has 3 heteroatoms. The second-order valence-corrected chi connectivity index (χ2v) is 5.84. The molecule has 2 N–H and O–H groups in total. The van der Waals surface area contributed by atoms with Crippen LogP contribution < -0.4 is 5.73 Å². The van der Waals surface area contributed by atoms with Gasteiger partial charge in [0, 0.05) is 12.1 Å². The van der Waals surface area contributed by atoms with E-state index in [1.165, 1.54) is 32.5 Å². The van der Waals surface area contributed by atoms with E-state index in [2.05, 4.69) is 37.6 Å². The first kappa shape index (κ1) is 14.9. The van der Waals surface area contributed by atoms with Crippen molar-refractivity contribution in [2.45, 2.75) is 52.1 Å². The third-order valence-electron chi connectivity index (χ3n) is 4.30. The van der Waals surface area contributed by atoms with Crippen LogP contribution in [0.25, 0.3) is 0 Å². The molecule has 1 saturated heterocycles. The SMILES string of the molecule is CCN1CCC(N(C)CCC(N)C(C)C)CC1. The van der Waals surface area contributed by atoms with Gasteiger partial charge >= 0.3 is 0 Å². The number of nitrogens with zero attached hydrogens (tertiary/aromatic N) is 2. The Hall–Kier alpha value is -0.120. The van der Waals surface area contributed by atoms with Crippen molar-refractivity contribution in [1.29, 1.82) is 0 Å². The molecule has 102 valence electrons. The van der Waals surface area contributed by atoms with Crippen molar-refractivity contribution < 1.29 is 0 Å². The Kier molecular flexibility index (Phi) is 6.45. The smallest absolute Gasteiger partial charge is 0.0117 e. The molecule has 0 aromatic heterocycles. The maximum absolute atomic E-state index is 6.10. The highest BCUT2D eigenvalue weighted by molar-refractivity contribution is 4.78. The lowest BCUT2D eigenvalue weighted by molar-refractivity contribution is 0.128. The van der Waals surface area contributed by atoms with Crippen LogP contribution in [0.5, 0.6) is 0 Å². The lowest BCUT2D eigenvalue weighted by Gasteiger charge is -2.36. The molecule has 1 heterocycles. The molecule has 1 unspecified atom stereocenters. The first-order valence-corrected chi connectivity index (χ1v) is 7.22. The monoisotopic (exact) mass is 241 g/mol. The van der Waals surface area contributed by atoms with Crippen LogP contribution in [0.4, 0.5) is 0 Å². The summed E-state index contributed by atoms with van der Waals surface area (Å²) in [6, 6.07) is 1.13. The van der Waals surface area contributed by atoms with E-state index in [1.807, 2.05) is 0 Å². The Morgan fingerprint density at radius 1 is 1.29 bits per heavy atom. The number of rotatable bonds is 6. The lowest BCUT2D eigenvalue weighted by Crippen LogP contribution is -2.44. The number of piperidine rings is 1.